The van der Waals surface area contributed by atoms with E-state index in [4.69, 9.17) is 5.11 Å². The van der Waals surface area contributed by atoms with Crippen LogP contribution in [0.4, 0.5) is 5.69 Å². The zero-order valence-corrected chi connectivity index (χ0v) is 7.93. The van der Waals surface area contributed by atoms with Crippen LogP contribution in [0.2, 0.25) is 0 Å². The van der Waals surface area contributed by atoms with Crippen LogP contribution in [0, 0.1) is 0 Å². The molecule has 2 rings (SSSR count). The largest absolute Gasteiger partial charge is 0.478 e. The Balaban J connectivity index is 2.32. The van der Waals surface area contributed by atoms with Crippen molar-refractivity contribution in [1.29, 1.82) is 0 Å². The van der Waals surface area contributed by atoms with E-state index in [0.29, 0.717) is 18.7 Å². The molecule has 1 amide bonds. The molecule has 15 heavy (non-hydrogen) atoms. The van der Waals surface area contributed by atoms with Crippen LogP contribution in [-0.4, -0.2) is 23.5 Å². The fourth-order valence-corrected chi connectivity index (χ4v) is 1.49. The van der Waals surface area contributed by atoms with E-state index in [1.54, 1.807) is 12.1 Å². The van der Waals surface area contributed by atoms with Crippen molar-refractivity contribution in [2.75, 3.05) is 11.6 Å². The van der Waals surface area contributed by atoms with Gasteiger partial charge in [0.05, 0.1) is 11.3 Å². The van der Waals surface area contributed by atoms with E-state index in [-0.39, 0.29) is 11.5 Å². The van der Waals surface area contributed by atoms with Crippen LogP contribution in [0.15, 0.2) is 24.3 Å². The lowest BCUT2D eigenvalue weighted by molar-refractivity contribution is -0.117. The fraction of sp³-hybridized carbons (Fsp3) is 0.200. The van der Waals surface area contributed by atoms with Gasteiger partial charge in [0.15, 0.2) is 0 Å². The molecule has 5 nitrogen and oxygen atoms in total. The molecular weight excluding hydrogens is 196 g/mol. The second kappa shape index (κ2) is 3.70. The molecule has 0 unspecified atom stereocenters. The molecule has 0 radical (unpaired) electrons. The molecule has 0 atom stereocenters. The quantitative estimate of drug-likeness (QED) is 0.744. The molecule has 0 spiro atoms. The number of nitrogens with one attached hydrogen (secondary N) is 1. The molecule has 5 heteroatoms. The van der Waals surface area contributed by atoms with Gasteiger partial charge in [0.25, 0.3) is 0 Å². The smallest absolute Gasteiger partial charge is 0.335 e. The Kier molecular flexibility index (Phi) is 2.39. The topological polar surface area (TPSA) is 69.6 Å². The third kappa shape index (κ3) is 1.82. The molecule has 1 aliphatic heterocycles. The van der Waals surface area contributed by atoms with Crippen LogP contribution in [0.5, 0.6) is 0 Å². The highest BCUT2D eigenvalue weighted by molar-refractivity contribution is 5.96. The molecule has 0 bridgehead atoms. The van der Waals surface area contributed by atoms with E-state index in [2.05, 4.69) is 5.43 Å². The molecule has 78 valence electrons. The van der Waals surface area contributed by atoms with Crippen LogP contribution in [-0.2, 0) is 4.79 Å². The van der Waals surface area contributed by atoms with Crippen molar-refractivity contribution >= 4 is 17.6 Å². The fourth-order valence-electron chi connectivity index (χ4n) is 1.49. The predicted molar refractivity (Wildman–Crippen MR) is 53.5 cm³/mol. The maximum atomic E-state index is 11.4. The number of rotatable bonds is 2. The molecule has 0 saturated carbocycles. The summed E-state index contributed by atoms with van der Waals surface area (Å²) in [4.78, 5) is 22.1. The van der Waals surface area contributed by atoms with E-state index in [0.717, 1.165) is 0 Å². The molecule has 1 aliphatic rings. The van der Waals surface area contributed by atoms with Gasteiger partial charge in [-0.25, -0.2) is 15.2 Å². The van der Waals surface area contributed by atoms with Crippen molar-refractivity contribution < 1.29 is 14.7 Å². The maximum absolute atomic E-state index is 11.4. The van der Waals surface area contributed by atoms with Gasteiger partial charge < -0.3 is 5.11 Å². The van der Waals surface area contributed by atoms with E-state index < -0.39 is 5.97 Å². The average molecular weight is 206 g/mol. The second-order valence-corrected chi connectivity index (χ2v) is 3.24. The number of nitrogens with zero attached hydrogens (tertiary/aromatic N) is 1. The highest BCUT2D eigenvalue weighted by atomic mass is 16.4. The van der Waals surface area contributed by atoms with Crippen LogP contribution in [0.3, 0.4) is 0 Å². The first-order valence-electron chi connectivity index (χ1n) is 4.58. The van der Waals surface area contributed by atoms with Crippen LogP contribution in [0.25, 0.3) is 0 Å². The molecule has 1 heterocycles. The zero-order valence-electron chi connectivity index (χ0n) is 7.93. The van der Waals surface area contributed by atoms with Gasteiger partial charge in [-0.3, -0.25) is 4.79 Å². The highest BCUT2D eigenvalue weighted by Crippen LogP contribution is 2.17. The summed E-state index contributed by atoms with van der Waals surface area (Å²) in [5, 5.41) is 10.2. The minimum Gasteiger partial charge on any atom is -0.478 e. The number of aromatic carboxylic acids is 1. The summed E-state index contributed by atoms with van der Waals surface area (Å²) in [6, 6.07) is 6.28. The molecule has 0 aliphatic carbocycles. The third-order valence-corrected chi connectivity index (χ3v) is 2.21. The Labute approximate surface area is 86.3 Å². The maximum Gasteiger partial charge on any atom is 0.335 e. The summed E-state index contributed by atoms with van der Waals surface area (Å²) in [5.74, 6) is -1.04. The summed E-state index contributed by atoms with van der Waals surface area (Å²) in [6.45, 7) is 0.593. The standard InChI is InChI=1S/C10H10N2O3/c13-9-4-5-11-12(9)8-3-1-2-7(6-8)10(14)15/h1-3,6,11H,4-5H2,(H,14,15). The molecule has 1 aromatic rings. The first-order valence-corrected chi connectivity index (χ1v) is 4.58. The second-order valence-electron chi connectivity index (χ2n) is 3.24. The van der Waals surface area contributed by atoms with Crippen molar-refractivity contribution in [3.05, 3.63) is 29.8 Å². The molecule has 2 N–H and O–H groups in total. The van der Waals surface area contributed by atoms with E-state index in [9.17, 15) is 9.59 Å². The van der Waals surface area contributed by atoms with Gasteiger partial charge in [-0.2, -0.15) is 0 Å². The van der Waals surface area contributed by atoms with Gasteiger partial charge in [-0.15, -0.1) is 0 Å². The van der Waals surface area contributed by atoms with Gasteiger partial charge >= 0.3 is 5.97 Å². The van der Waals surface area contributed by atoms with E-state index in [1.807, 2.05) is 0 Å². The summed E-state index contributed by atoms with van der Waals surface area (Å²) >= 11 is 0. The Morgan fingerprint density at radius 3 is 2.87 bits per heavy atom. The van der Waals surface area contributed by atoms with Crippen LogP contribution in [0.1, 0.15) is 16.8 Å². The summed E-state index contributed by atoms with van der Waals surface area (Å²) < 4.78 is 0. The highest BCUT2D eigenvalue weighted by Gasteiger charge is 2.21. The first-order chi connectivity index (χ1) is 7.18. The molecular formula is C10H10N2O3. The first kappa shape index (κ1) is 9.67. The normalized spacial score (nSPS) is 15.7. The number of carboxylic acids is 1. The summed E-state index contributed by atoms with van der Waals surface area (Å²) in [5.41, 5.74) is 3.62. The summed E-state index contributed by atoms with van der Waals surface area (Å²) in [7, 11) is 0. The summed E-state index contributed by atoms with van der Waals surface area (Å²) in [6.07, 6.45) is 0.442. The Hall–Kier alpha value is -1.88. The Morgan fingerprint density at radius 2 is 2.27 bits per heavy atom. The molecule has 1 aromatic carbocycles. The Morgan fingerprint density at radius 1 is 1.47 bits per heavy atom. The van der Waals surface area contributed by atoms with Gasteiger partial charge in [0.1, 0.15) is 0 Å². The zero-order chi connectivity index (χ0) is 10.8. The number of carbonyl (C=O) groups is 2. The monoisotopic (exact) mass is 206 g/mol. The van der Waals surface area contributed by atoms with Gasteiger partial charge in [-0.05, 0) is 18.2 Å². The SMILES string of the molecule is O=C(O)c1cccc(N2NCCC2=O)c1. The number of hydrazine groups is 1. The molecule has 1 saturated heterocycles. The average Bonchev–Trinajstić information content (AvgIpc) is 2.64. The number of anilines is 1. The van der Waals surface area contributed by atoms with Gasteiger partial charge in [0, 0.05) is 13.0 Å². The number of hydrogen-bond donors (Lipinski definition) is 2. The number of carboxylic acid groups (broad SMARTS) is 1. The van der Waals surface area contributed by atoms with Gasteiger partial charge in [-0.1, -0.05) is 6.07 Å². The van der Waals surface area contributed by atoms with E-state index >= 15 is 0 Å². The lowest BCUT2D eigenvalue weighted by Gasteiger charge is -2.15. The number of amides is 1. The van der Waals surface area contributed by atoms with Crippen molar-refractivity contribution in [3.63, 3.8) is 0 Å². The number of benzene rings is 1. The van der Waals surface area contributed by atoms with Crippen molar-refractivity contribution in [1.82, 2.24) is 5.43 Å². The van der Waals surface area contributed by atoms with Crippen molar-refractivity contribution in [2.45, 2.75) is 6.42 Å². The molecule has 0 aromatic heterocycles. The van der Waals surface area contributed by atoms with Gasteiger partial charge in [0.2, 0.25) is 5.91 Å². The van der Waals surface area contributed by atoms with Crippen LogP contribution < -0.4 is 10.4 Å². The predicted octanol–water partition coefficient (Wildman–Crippen LogP) is 0.626. The third-order valence-electron chi connectivity index (χ3n) is 2.21. The van der Waals surface area contributed by atoms with E-state index in [1.165, 1.54) is 17.1 Å². The number of carbonyl (C=O) groups excluding carboxylic acids is 1. The van der Waals surface area contributed by atoms with Crippen molar-refractivity contribution in [2.24, 2.45) is 0 Å². The lowest BCUT2D eigenvalue weighted by Crippen LogP contribution is -2.34. The molecule has 1 fully saturated rings. The number of hydrogen-bond acceptors (Lipinski definition) is 3. The lowest BCUT2D eigenvalue weighted by atomic mass is 10.2. The van der Waals surface area contributed by atoms with Crippen LogP contribution >= 0.6 is 0 Å². The Bertz CT molecular complexity index is 417. The minimum absolute atomic E-state index is 0.0439. The van der Waals surface area contributed by atoms with Crippen molar-refractivity contribution in [3.8, 4) is 0 Å². The minimum atomic E-state index is -0.997.